The van der Waals surface area contributed by atoms with E-state index in [-0.39, 0.29) is 33.7 Å². The summed E-state index contributed by atoms with van der Waals surface area (Å²) in [4.78, 5) is 19.7. The maximum Gasteiger partial charge on any atom is 0.302 e. The van der Waals surface area contributed by atoms with E-state index in [1.807, 2.05) is 13.8 Å². The molecule has 0 saturated carbocycles. The van der Waals surface area contributed by atoms with E-state index in [0.717, 1.165) is 12.8 Å². The maximum absolute atomic E-state index is 11.7. The van der Waals surface area contributed by atoms with Gasteiger partial charge in [0.25, 0.3) is 0 Å². The Balaban J connectivity index is 0. The van der Waals surface area contributed by atoms with E-state index in [4.69, 9.17) is 9.53 Å². The number of esters is 1. The van der Waals surface area contributed by atoms with Crippen molar-refractivity contribution < 1.29 is 14.3 Å². The first-order valence-corrected chi connectivity index (χ1v) is 9.57. The molecule has 0 amide bonds. The Morgan fingerprint density at radius 2 is 1.35 bits per heavy atom. The lowest BCUT2D eigenvalue weighted by Gasteiger charge is -2.50. The van der Waals surface area contributed by atoms with Gasteiger partial charge in [0.15, 0.2) is 0 Å². The van der Waals surface area contributed by atoms with Crippen LogP contribution in [-0.4, -0.2) is 32.0 Å². The number of ether oxygens (including phenoxy) is 1. The standard InChI is InChI=1S/C21H43NO2.CH2O/c1-15(23)24-17(14-18(2,3)4)21(10,11)20(8,9)13-16(22-12)19(5,6)7;1-2/h16-17,22H,13-14H2,1-12H3;1H2. The van der Waals surface area contributed by atoms with E-state index in [2.05, 4.69) is 74.6 Å². The molecule has 2 atom stereocenters. The third kappa shape index (κ3) is 8.66. The van der Waals surface area contributed by atoms with Crippen molar-refractivity contribution in [3.05, 3.63) is 0 Å². The zero-order chi connectivity index (χ0) is 21.6. The molecule has 0 aromatic rings. The highest BCUT2D eigenvalue weighted by Gasteiger charge is 2.47. The van der Waals surface area contributed by atoms with Crippen molar-refractivity contribution in [1.29, 1.82) is 0 Å². The molecule has 0 aromatic carbocycles. The van der Waals surface area contributed by atoms with Gasteiger partial charge in [-0.05, 0) is 36.1 Å². The van der Waals surface area contributed by atoms with Crippen LogP contribution in [0.15, 0.2) is 0 Å². The van der Waals surface area contributed by atoms with E-state index >= 15 is 0 Å². The molecule has 0 spiro atoms. The zero-order valence-corrected chi connectivity index (χ0v) is 19.5. The fourth-order valence-corrected chi connectivity index (χ4v) is 3.25. The summed E-state index contributed by atoms with van der Waals surface area (Å²) >= 11 is 0. The van der Waals surface area contributed by atoms with Crippen molar-refractivity contribution in [1.82, 2.24) is 5.32 Å². The van der Waals surface area contributed by atoms with Gasteiger partial charge in [-0.2, -0.15) is 0 Å². The highest BCUT2D eigenvalue weighted by molar-refractivity contribution is 5.66. The lowest BCUT2D eigenvalue weighted by Crippen LogP contribution is -2.50. The average Bonchev–Trinajstić information content (AvgIpc) is 2.42. The highest BCUT2D eigenvalue weighted by atomic mass is 16.5. The SMILES string of the molecule is C=O.CNC(CC(C)(C)C(C)(C)C(CC(C)(C)C)OC(C)=O)C(C)(C)C. The smallest absolute Gasteiger partial charge is 0.302 e. The molecule has 0 rings (SSSR count). The number of hydrogen-bond acceptors (Lipinski definition) is 4. The quantitative estimate of drug-likeness (QED) is 0.621. The average molecular weight is 372 g/mol. The van der Waals surface area contributed by atoms with Crippen LogP contribution in [0.1, 0.15) is 89.0 Å². The Hall–Kier alpha value is -0.900. The van der Waals surface area contributed by atoms with Crippen molar-refractivity contribution in [3.63, 3.8) is 0 Å². The molecule has 26 heavy (non-hydrogen) atoms. The summed E-state index contributed by atoms with van der Waals surface area (Å²) in [7, 11) is 2.04. The molecule has 0 aromatic heterocycles. The van der Waals surface area contributed by atoms with Crippen LogP contribution in [0.25, 0.3) is 0 Å². The molecule has 2 unspecified atom stereocenters. The molecule has 0 aliphatic rings. The largest absolute Gasteiger partial charge is 0.462 e. The molecule has 4 heteroatoms. The van der Waals surface area contributed by atoms with Gasteiger partial charge in [-0.25, -0.2) is 0 Å². The predicted molar refractivity (Wildman–Crippen MR) is 111 cm³/mol. The maximum atomic E-state index is 11.7. The summed E-state index contributed by atoms with van der Waals surface area (Å²) in [5.41, 5.74) is 0.175. The first-order chi connectivity index (χ1) is 11.4. The minimum atomic E-state index is -0.186. The molecule has 0 radical (unpaired) electrons. The third-order valence-corrected chi connectivity index (χ3v) is 5.76. The second-order valence-corrected chi connectivity index (χ2v) is 10.9. The molecule has 0 aliphatic carbocycles. The van der Waals surface area contributed by atoms with Crippen molar-refractivity contribution in [2.24, 2.45) is 21.7 Å². The molecule has 0 aliphatic heterocycles. The number of carbonyl (C=O) groups excluding carboxylic acids is 2. The van der Waals surface area contributed by atoms with Crippen LogP contribution in [0.2, 0.25) is 0 Å². The van der Waals surface area contributed by atoms with Crippen molar-refractivity contribution in [3.8, 4) is 0 Å². The number of rotatable bonds is 7. The molecule has 0 heterocycles. The van der Waals surface area contributed by atoms with Crippen LogP contribution >= 0.6 is 0 Å². The fourth-order valence-electron chi connectivity index (χ4n) is 3.25. The molecule has 0 saturated heterocycles. The second kappa shape index (κ2) is 9.87. The van der Waals surface area contributed by atoms with Crippen LogP contribution in [0.4, 0.5) is 0 Å². The first-order valence-electron chi connectivity index (χ1n) is 9.57. The predicted octanol–water partition coefficient (Wildman–Crippen LogP) is 5.25. The van der Waals surface area contributed by atoms with Crippen LogP contribution in [0.3, 0.4) is 0 Å². The topological polar surface area (TPSA) is 55.4 Å². The molecule has 0 fully saturated rings. The van der Waals surface area contributed by atoms with Gasteiger partial charge >= 0.3 is 5.97 Å². The highest BCUT2D eigenvalue weighted by Crippen LogP contribution is 2.49. The number of nitrogens with one attached hydrogen (secondary N) is 1. The fraction of sp³-hybridized carbons (Fsp3) is 0.909. The molecule has 4 nitrogen and oxygen atoms in total. The third-order valence-electron chi connectivity index (χ3n) is 5.76. The van der Waals surface area contributed by atoms with E-state index in [1.165, 1.54) is 6.92 Å². The van der Waals surface area contributed by atoms with Gasteiger partial charge in [0.1, 0.15) is 12.9 Å². The summed E-state index contributed by atoms with van der Waals surface area (Å²) in [6.07, 6.45) is 1.80. The zero-order valence-electron chi connectivity index (χ0n) is 19.5. The van der Waals surface area contributed by atoms with Crippen LogP contribution in [0.5, 0.6) is 0 Å². The minimum absolute atomic E-state index is 0.0132. The Kier molecular flexibility index (Phi) is 10.4. The van der Waals surface area contributed by atoms with Crippen LogP contribution in [0, 0.1) is 21.7 Å². The van der Waals surface area contributed by atoms with Crippen LogP contribution in [-0.2, 0) is 14.3 Å². The lowest BCUT2D eigenvalue weighted by atomic mass is 9.58. The van der Waals surface area contributed by atoms with Crippen molar-refractivity contribution in [2.75, 3.05) is 7.05 Å². The van der Waals surface area contributed by atoms with Gasteiger partial charge in [-0.15, -0.1) is 0 Å². The summed E-state index contributed by atoms with van der Waals surface area (Å²) in [5.74, 6) is -0.186. The Morgan fingerprint density at radius 1 is 0.923 bits per heavy atom. The van der Waals surface area contributed by atoms with E-state index in [1.54, 1.807) is 0 Å². The summed E-state index contributed by atoms with van der Waals surface area (Å²) in [5, 5.41) is 3.49. The number of hydrogen-bond donors (Lipinski definition) is 1. The van der Waals surface area contributed by atoms with Gasteiger partial charge in [-0.3, -0.25) is 4.79 Å². The van der Waals surface area contributed by atoms with E-state index < -0.39 is 0 Å². The van der Waals surface area contributed by atoms with Gasteiger partial charge in [0.2, 0.25) is 0 Å². The normalized spacial score (nSPS) is 15.5. The van der Waals surface area contributed by atoms with Gasteiger partial charge in [0.05, 0.1) is 0 Å². The van der Waals surface area contributed by atoms with Gasteiger partial charge in [0, 0.05) is 18.4 Å². The monoisotopic (exact) mass is 371 g/mol. The van der Waals surface area contributed by atoms with E-state index in [9.17, 15) is 4.79 Å². The van der Waals surface area contributed by atoms with Crippen molar-refractivity contribution in [2.45, 2.75) is 101 Å². The molecule has 0 bridgehead atoms. The Bertz CT molecular complexity index is 428. The molecule has 1 N–H and O–H groups in total. The molecular weight excluding hydrogens is 326 g/mol. The Labute approximate surface area is 162 Å². The molecule has 156 valence electrons. The number of carbonyl (C=O) groups is 2. The summed E-state index contributed by atoms with van der Waals surface area (Å²) in [6.45, 7) is 26.1. The van der Waals surface area contributed by atoms with Gasteiger partial charge < -0.3 is 14.8 Å². The summed E-state index contributed by atoms with van der Waals surface area (Å²) < 4.78 is 5.82. The minimum Gasteiger partial charge on any atom is -0.462 e. The van der Waals surface area contributed by atoms with Crippen molar-refractivity contribution >= 4 is 12.8 Å². The Morgan fingerprint density at radius 3 is 1.62 bits per heavy atom. The summed E-state index contributed by atoms with van der Waals surface area (Å²) in [6, 6.07) is 0.402. The first kappa shape index (κ1) is 27.3. The molecular formula is C22H45NO3. The van der Waals surface area contributed by atoms with Gasteiger partial charge in [-0.1, -0.05) is 69.2 Å². The second-order valence-electron chi connectivity index (χ2n) is 10.9. The van der Waals surface area contributed by atoms with E-state index in [0.29, 0.717) is 6.04 Å². The van der Waals surface area contributed by atoms with Crippen LogP contribution < -0.4 is 5.32 Å². The lowest BCUT2D eigenvalue weighted by molar-refractivity contribution is -0.162.